The number of rotatable bonds is 5. The Hall–Kier alpha value is -4.37. The molecular formula is C24H17N3O3. The van der Waals surface area contributed by atoms with Gasteiger partial charge in [-0.25, -0.2) is 9.97 Å². The fourth-order valence-electron chi connectivity index (χ4n) is 2.91. The molecule has 146 valence electrons. The highest BCUT2D eigenvalue weighted by Crippen LogP contribution is 2.27. The third-order valence-electron chi connectivity index (χ3n) is 4.39. The van der Waals surface area contributed by atoms with E-state index in [1.165, 1.54) is 18.2 Å². The van der Waals surface area contributed by atoms with E-state index in [2.05, 4.69) is 27.4 Å². The minimum atomic E-state index is -0.272. The monoisotopic (exact) mass is 395 g/mol. The van der Waals surface area contributed by atoms with Gasteiger partial charge in [-0.15, -0.1) is 0 Å². The van der Waals surface area contributed by atoms with Crippen molar-refractivity contribution in [3.63, 3.8) is 0 Å². The zero-order valence-electron chi connectivity index (χ0n) is 15.8. The van der Waals surface area contributed by atoms with Gasteiger partial charge in [0.25, 0.3) is 0 Å². The minimum Gasteiger partial charge on any atom is -0.508 e. The quantitative estimate of drug-likeness (QED) is 0.475. The van der Waals surface area contributed by atoms with E-state index in [-0.39, 0.29) is 29.6 Å². The Bertz CT molecular complexity index is 1160. The van der Waals surface area contributed by atoms with Crippen molar-refractivity contribution in [1.82, 2.24) is 9.97 Å². The van der Waals surface area contributed by atoms with E-state index in [0.29, 0.717) is 17.0 Å². The molecule has 4 rings (SSSR count). The number of anilines is 1. The molecular weight excluding hydrogens is 378 g/mol. The van der Waals surface area contributed by atoms with Gasteiger partial charge in [0.05, 0.1) is 23.9 Å². The number of hydrogen-bond acceptors (Lipinski definition) is 5. The molecule has 0 saturated carbocycles. The zero-order chi connectivity index (χ0) is 20.9. The second-order valence-electron chi connectivity index (χ2n) is 6.59. The van der Waals surface area contributed by atoms with Gasteiger partial charge in [0.2, 0.25) is 5.91 Å². The van der Waals surface area contributed by atoms with Crippen LogP contribution in [0.25, 0.3) is 22.5 Å². The molecule has 3 aromatic carbocycles. The number of benzene rings is 2. The summed E-state index contributed by atoms with van der Waals surface area (Å²) in [5, 5.41) is 21.7. The number of aromatic hydroxyl groups is 2. The lowest BCUT2D eigenvalue weighted by Crippen LogP contribution is -2.16. The van der Waals surface area contributed by atoms with Crippen molar-refractivity contribution in [2.45, 2.75) is 6.42 Å². The molecule has 30 heavy (non-hydrogen) atoms. The fraction of sp³-hybridized carbons (Fsp3) is 0.0417. The standard InChI is InChI=1S/C24H17N3O3/c28-19-10-6-16(7-11-19)14-22(30)27-24-23(18-8-12-20(29)13-9-18)26-21(15-25-24)17-4-2-1-3-5-17/h1-8,10-12,15,28-29H,14H2,(H,25,27,30). The Kier molecular flexibility index (Phi) is 5.27. The summed E-state index contributed by atoms with van der Waals surface area (Å²) in [6.07, 6.45) is 1.71. The molecule has 0 unspecified atom stereocenters. The van der Waals surface area contributed by atoms with Crippen LogP contribution in [0.3, 0.4) is 0 Å². The molecule has 1 amide bonds. The van der Waals surface area contributed by atoms with Crippen molar-refractivity contribution in [3.8, 4) is 34.0 Å². The molecule has 4 aromatic rings. The smallest absolute Gasteiger partial charge is 0.230 e. The van der Waals surface area contributed by atoms with Crippen LogP contribution in [-0.4, -0.2) is 26.1 Å². The molecule has 1 heterocycles. The van der Waals surface area contributed by atoms with Crippen LogP contribution in [0.15, 0.2) is 72.9 Å². The van der Waals surface area contributed by atoms with Crippen LogP contribution in [0.5, 0.6) is 11.5 Å². The van der Waals surface area contributed by atoms with Crippen molar-refractivity contribution in [1.29, 1.82) is 0 Å². The Balaban J connectivity index is 1.66. The van der Waals surface area contributed by atoms with Gasteiger partial charge in [0.1, 0.15) is 11.4 Å². The highest BCUT2D eigenvalue weighted by Gasteiger charge is 2.14. The largest absolute Gasteiger partial charge is 0.508 e. The normalized spacial score (nSPS) is 10.3. The lowest BCUT2D eigenvalue weighted by Gasteiger charge is -2.11. The highest BCUT2D eigenvalue weighted by atomic mass is 16.3. The summed E-state index contributed by atoms with van der Waals surface area (Å²) in [6, 6.07) is 24.6. The van der Waals surface area contributed by atoms with Crippen LogP contribution in [-0.2, 0) is 11.2 Å². The Labute approximate surface area is 173 Å². The van der Waals surface area contributed by atoms with Crippen LogP contribution in [0.4, 0.5) is 5.82 Å². The van der Waals surface area contributed by atoms with Crippen LogP contribution in [0.1, 0.15) is 5.56 Å². The van der Waals surface area contributed by atoms with E-state index < -0.39 is 0 Å². The zero-order valence-corrected chi connectivity index (χ0v) is 15.8. The predicted octanol–water partition coefficient (Wildman–Crippen LogP) is 4.00. The maximum Gasteiger partial charge on any atom is 0.230 e. The van der Waals surface area contributed by atoms with Gasteiger partial charge in [0, 0.05) is 5.56 Å². The Morgan fingerprint density at radius 1 is 0.933 bits per heavy atom. The van der Waals surface area contributed by atoms with E-state index in [9.17, 15) is 15.0 Å². The second kappa shape index (κ2) is 8.33. The molecule has 0 aliphatic carbocycles. The molecule has 0 saturated heterocycles. The van der Waals surface area contributed by atoms with E-state index >= 15 is 0 Å². The number of nitrogens with one attached hydrogen (secondary N) is 1. The first-order chi connectivity index (χ1) is 14.6. The van der Waals surface area contributed by atoms with E-state index in [1.54, 1.807) is 24.4 Å². The van der Waals surface area contributed by atoms with Crippen molar-refractivity contribution in [2.24, 2.45) is 0 Å². The highest BCUT2D eigenvalue weighted by molar-refractivity contribution is 5.94. The van der Waals surface area contributed by atoms with Gasteiger partial charge in [0.15, 0.2) is 11.6 Å². The van der Waals surface area contributed by atoms with Crippen LogP contribution in [0, 0.1) is 12.1 Å². The maximum atomic E-state index is 12.6. The lowest BCUT2D eigenvalue weighted by atomic mass is 10.1. The van der Waals surface area contributed by atoms with Crippen molar-refractivity contribution >= 4 is 11.7 Å². The number of nitrogens with zero attached hydrogens (tertiary/aromatic N) is 2. The van der Waals surface area contributed by atoms with Crippen LogP contribution in [0.2, 0.25) is 0 Å². The number of carbonyl (C=O) groups excluding carboxylic acids is 1. The van der Waals surface area contributed by atoms with Gasteiger partial charge in [-0.1, -0.05) is 48.5 Å². The number of phenols is 1. The number of aromatic nitrogens is 2. The summed E-state index contributed by atoms with van der Waals surface area (Å²) in [5.74, 6) is 0.118. The molecule has 0 aliphatic heterocycles. The van der Waals surface area contributed by atoms with Crippen LogP contribution < -0.4 is 5.32 Å². The van der Waals surface area contributed by atoms with Crippen molar-refractivity contribution < 1.29 is 15.0 Å². The summed E-state index contributed by atoms with van der Waals surface area (Å²) in [6.45, 7) is 0. The molecule has 0 fully saturated rings. The fourth-order valence-corrected chi connectivity index (χ4v) is 2.91. The summed E-state index contributed by atoms with van der Waals surface area (Å²) < 4.78 is 0. The maximum absolute atomic E-state index is 12.6. The van der Waals surface area contributed by atoms with E-state index in [0.717, 1.165) is 11.1 Å². The number of hydrogen-bond donors (Lipinski definition) is 3. The van der Waals surface area contributed by atoms with Gasteiger partial charge in [-0.05, 0) is 35.9 Å². The molecule has 0 spiro atoms. The van der Waals surface area contributed by atoms with Crippen molar-refractivity contribution in [3.05, 3.63) is 90.6 Å². The van der Waals surface area contributed by atoms with Crippen molar-refractivity contribution in [2.75, 3.05) is 5.32 Å². The van der Waals surface area contributed by atoms with Crippen LogP contribution >= 0.6 is 0 Å². The molecule has 0 atom stereocenters. The molecule has 6 heteroatoms. The Morgan fingerprint density at radius 3 is 2.40 bits per heavy atom. The number of carbonyl (C=O) groups is 1. The van der Waals surface area contributed by atoms with Gasteiger partial charge in [-0.2, -0.15) is 0 Å². The Morgan fingerprint density at radius 2 is 1.70 bits per heavy atom. The van der Waals surface area contributed by atoms with E-state index in [4.69, 9.17) is 0 Å². The minimum absolute atomic E-state index is 0.0381. The first kappa shape index (κ1) is 19.0. The summed E-state index contributed by atoms with van der Waals surface area (Å²) >= 11 is 0. The van der Waals surface area contributed by atoms with E-state index in [1.807, 2.05) is 30.3 Å². The average molecular weight is 395 g/mol. The first-order valence-electron chi connectivity index (χ1n) is 9.22. The third kappa shape index (κ3) is 4.37. The summed E-state index contributed by atoms with van der Waals surface area (Å²) in [4.78, 5) is 21.7. The second-order valence-corrected chi connectivity index (χ2v) is 6.59. The molecule has 0 bridgehead atoms. The van der Waals surface area contributed by atoms with Gasteiger partial charge < -0.3 is 15.5 Å². The lowest BCUT2D eigenvalue weighted by molar-refractivity contribution is -0.115. The van der Waals surface area contributed by atoms with Gasteiger partial charge in [-0.3, -0.25) is 4.79 Å². The SMILES string of the molecule is O=C(Cc1ccc(O)cc1)Nc1ncc(-c2ccccc2)nc1-c1c#cc(O)cc1. The topological polar surface area (TPSA) is 95.3 Å². The molecule has 0 radical (unpaired) electrons. The summed E-state index contributed by atoms with van der Waals surface area (Å²) in [5.41, 5.74) is 3.24. The molecule has 3 N–H and O–H groups in total. The third-order valence-corrected chi connectivity index (χ3v) is 4.39. The van der Waals surface area contributed by atoms with Gasteiger partial charge >= 0.3 is 0 Å². The average Bonchev–Trinajstić information content (AvgIpc) is 2.77. The number of phenolic OH excluding ortho intramolecular Hbond substituents is 1. The molecule has 0 aliphatic rings. The predicted molar refractivity (Wildman–Crippen MR) is 113 cm³/mol. The molecule has 1 aromatic heterocycles. The first-order valence-corrected chi connectivity index (χ1v) is 9.22. The molecule has 6 nitrogen and oxygen atoms in total. The number of amides is 1. The summed E-state index contributed by atoms with van der Waals surface area (Å²) in [7, 11) is 0.